The minimum atomic E-state index is -4.96. The molecule has 0 aliphatic heterocycles. The van der Waals surface area contributed by atoms with Crippen molar-refractivity contribution in [1.29, 1.82) is 0 Å². The molecule has 0 fully saturated rings. The number of alkyl halides is 3. The number of aromatic amines is 1. The first-order valence-corrected chi connectivity index (χ1v) is 8.04. The maximum atomic E-state index is 13.5. The molecule has 0 spiro atoms. The molecule has 8 heteroatoms. The lowest BCUT2D eigenvalue weighted by Gasteiger charge is -2.31. The van der Waals surface area contributed by atoms with Gasteiger partial charge in [0.1, 0.15) is 11.4 Å². The van der Waals surface area contributed by atoms with Crippen LogP contribution in [0.5, 0.6) is 5.75 Å². The van der Waals surface area contributed by atoms with Crippen molar-refractivity contribution >= 4 is 16.8 Å². The number of H-pyrrole nitrogens is 1. The molecule has 27 heavy (non-hydrogen) atoms. The Hall–Kier alpha value is -3.00. The molecule has 3 N–H and O–H groups in total. The molecular formula is C19H17F3N2O3. The van der Waals surface area contributed by atoms with Crippen molar-refractivity contribution in [3.8, 4) is 5.75 Å². The maximum absolute atomic E-state index is 13.5. The number of aromatic nitrogens is 1. The second-order valence-electron chi connectivity index (χ2n) is 6.04. The van der Waals surface area contributed by atoms with E-state index in [0.29, 0.717) is 16.7 Å². The van der Waals surface area contributed by atoms with E-state index >= 15 is 0 Å². The van der Waals surface area contributed by atoms with E-state index in [9.17, 15) is 23.1 Å². The zero-order valence-corrected chi connectivity index (χ0v) is 14.3. The normalized spacial score (nSPS) is 14.0. The topological polar surface area (TPSA) is 74.3 Å². The highest BCUT2D eigenvalue weighted by molar-refractivity contribution is 5.98. The van der Waals surface area contributed by atoms with Gasteiger partial charge >= 0.3 is 6.18 Å². The number of methoxy groups -OCH3 is 1. The van der Waals surface area contributed by atoms with E-state index in [2.05, 4.69) is 10.3 Å². The Labute approximate surface area is 152 Å². The summed E-state index contributed by atoms with van der Waals surface area (Å²) in [4.78, 5) is 15.2. The lowest BCUT2D eigenvalue weighted by Crippen LogP contribution is -2.51. The molecule has 0 saturated carbocycles. The summed E-state index contributed by atoms with van der Waals surface area (Å²) in [6, 6.07) is 13.2. The summed E-state index contributed by atoms with van der Waals surface area (Å²) in [5, 5.41) is 13.1. The molecular weight excluding hydrogens is 361 g/mol. The average Bonchev–Trinajstić information content (AvgIpc) is 3.08. The van der Waals surface area contributed by atoms with E-state index in [-0.39, 0.29) is 11.3 Å². The Balaban J connectivity index is 1.82. The first-order chi connectivity index (χ1) is 12.7. The van der Waals surface area contributed by atoms with Crippen LogP contribution in [-0.4, -0.2) is 35.8 Å². The quantitative estimate of drug-likeness (QED) is 0.637. The molecule has 2 aromatic carbocycles. The van der Waals surface area contributed by atoms with E-state index < -0.39 is 24.2 Å². The van der Waals surface area contributed by atoms with E-state index in [0.717, 1.165) is 12.1 Å². The van der Waals surface area contributed by atoms with Gasteiger partial charge in [0.15, 0.2) is 0 Å². The van der Waals surface area contributed by atoms with Crippen LogP contribution in [-0.2, 0) is 5.60 Å². The smallest absolute Gasteiger partial charge is 0.423 e. The number of aliphatic hydroxyl groups is 1. The molecule has 0 bridgehead atoms. The van der Waals surface area contributed by atoms with Gasteiger partial charge in [0.25, 0.3) is 5.91 Å². The van der Waals surface area contributed by atoms with Crippen molar-refractivity contribution < 1.29 is 27.8 Å². The highest BCUT2D eigenvalue weighted by Crippen LogP contribution is 2.38. The number of fused-ring (bicyclic) bond motifs is 1. The molecule has 3 aromatic rings. The SMILES string of the molecule is COc1ccc2cc(C(=O)NC[C@@](O)(c3ccccc3)C(F)(F)F)[nH]c2c1. The number of nitrogens with one attached hydrogen (secondary N) is 2. The van der Waals surface area contributed by atoms with Gasteiger partial charge in [-0.3, -0.25) is 4.79 Å². The molecule has 0 radical (unpaired) electrons. The zero-order chi connectivity index (χ0) is 19.7. The Morgan fingerprint density at radius 3 is 2.48 bits per heavy atom. The number of benzene rings is 2. The molecule has 3 rings (SSSR count). The zero-order valence-electron chi connectivity index (χ0n) is 14.3. The van der Waals surface area contributed by atoms with Crippen molar-refractivity contribution in [2.75, 3.05) is 13.7 Å². The van der Waals surface area contributed by atoms with Gasteiger partial charge in [-0.05, 0) is 23.8 Å². The Kier molecular flexibility index (Phi) is 4.84. The fourth-order valence-corrected chi connectivity index (χ4v) is 2.74. The van der Waals surface area contributed by atoms with Crippen LogP contribution in [0, 0.1) is 0 Å². The predicted octanol–water partition coefficient (Wildman–Crippen LogP) is 3.36. The largest absolute Gasteiger partial charge is 0.497 e. The van der Waals surface area contributed by atoms with Gasteiger partial charge in [-0.2, -0.15) is 13.2 Å². The summed E-state index contributed by atoms with van der Waals surface area (Å²) in [6.07, 6.45) is -4.96. The average molecular weight is 378 g/mol. The van der Waals surface area contributed by atoms with Crippen molar-refractivity contribution in [2.24, 2.45) is 0 Å². The number of carbonyl (C=O) groups is 1. The monoisotopic (exact) mass is 378 g/mol. The molecule has 1 amide bonds. The van der Waals surface area contributed by atoms with Gasteiger partial charge in [-0.15, -0.1) is 0 Å². The first-order valence-electron chi connectivity index (χ1n) is 8.04. The van der Waals surface area contributed by atoms with Crippen LogP contribution < -0.4 is 10.1 Å². The fourth-order valence-electron chi connectivity index (χ4n) is 2.74. The third kappa shape index (κ3) is 3.61. The van der Waals surface area contributed by atoms with Crippen LogP contribution in [0.15, 0.2) is 54.6 Å². The maximum Gasteiger partial charge on any atom is 0.423 e. The summed E-state index contributed by atoms with van der Waals surface area (Å²) in [7, 11) is 1.50. The summed E-state index contributed by atoms with van der Waals surface area (Å²) < 4.78 is 45.5. The van der Waals surface area contributed by atoms with E-state index in [1.54, 1.807) is 18.2 Å². The van der Waals surface area contributed by atoms with Gasteiger partial charge in [-0.25, -0.2) is 0 Å². The van der Waals surface area contributed by atoms with Crippen molar-refractivity contribution in [2.45, 2.75) is 11.8 Å². The lowest BCUT2D eigenvalue weighted by molar-refractivity contribution is -0.263. The van der Waals surface area contributed by atoms with Crippen molar-refractivity contribution in [3.63, 3.8) is 0 Å². The van der Waals surface area contributed by atoms with Gasteiger partial charge in [0, 0.05) is 17.0 Å². The standard InChI is InChI=1S/C19H17F3N2O3/c1-27-14-8-7-12-9-16(24-15(12)10-14)17(25)23-11-18(26,19(20,21)22)13-5-3-2-4-6-13/h2-10,24,26H,11H2,1H3,(H,23,25)/t18-/m1/s1. The third-order valence-corrected chi connectivity index (χ3v) is 4.30. The highest BCUT2D eigenvalue weighted by atomic mass is 19.4. The number of rotatable bonds is 5. The third-order valence-electron chi connectivity index (χ3n) is 4.30. The van der Waals surface area contributed by atoms with E-state index in [1.807, 2.05) is 0 Å². The Morgan fingerprint density at radius 2 is 1.85 bits per heavy atom. The lowest BCUT2D eigenvalue weighted by atomic mass is 9.93. The van der Waals surface area contributed by atoms with Gasteiger partial charge in [-0.1, -0.05) is 30.3 Å². The van der Waals surface area contributed by atoms with Crippen LogP contribution >= 0.6 is 0 Å². The van der Waals surface area contributed by atoms with Crippen molar-refractivity contribution in [3.05, 3.63) is 65.9 Å². The second kappa shape index (κ2) is 6.96. The predicted molar refractivity (Wildman–Crippen MR) is 93.6 cm³/mol. The molecule has 142 valence electrons. The molecule has 1 heterocycles. The molecule has 1 aromatic heterocycles. The number of ether oxygens (including phenoxy) is 1. The number of amides is 1. The number of halogens is 3. The first kappa shape index (κ1) is 18.8. The van der Waals surface area contributed by atoms with Gasteiger partial charge in [0.2, 0.25) is 5.60 Å². The van der Waals surface area contributed by atoms with Crippen molar-refractivity contribution in [1.82, 2.24) is 10.3 Å². The summed E-state index contributed by atoms with van der Waals surface area (Å²) in [6.45, 7) is -1.02. The van der Waals surface area contributed by atoms with Crippen LogP contribution in [0.3, 0.4) is 0 Å². The second-order valence-corrected chi connectivity index (χ2v) is 6.04. The molecule has 5 nitrogen and oxygen atoms in total. The molecule has 0 aliphatic carbocycles. The van der Waals surface area contributed by atoms with Gasteiger partial charge in [0.05, 0.1) is 13.7 Å². The molecule has 1 atom stereocenters. The summed E-state index contributed by atoms with van der Waals surface area (Å²) in [5.74, 6) is -0.185. The number of hydrogen-bond donors (Lipinski definition) is 3. The number of hydrogen-bond acceptors (Lipinski definition) is 3. The molecule has 0 aliphatic rings. The van der Waals surface area contributed by atoms with Crippen LogP contribution in [0.4, 0.5) is 13.2 Å². The Bertz CT molecular complexity index is 954. The van der Waals surface area contributed by atoms with Crippen LogP contribution in [0.2, 0.25) is 0 Å². The number of carbonyl (C=O) groups excluding carboxylic acids is 1. The summed E-state index contributed by atoms with van der Waals surface area (Å²) in [5.41, 5.74) is -2.86. The fraction of sp³-hybridized carbons (Fsp3) is 0.211. The molecule has 0 unspecified atom stereocenters. The van der Waals surface area contributed by atoms with Crippen LogP contribution in [0.1, 0.15) is 16.1 Å². The highest BCUT2D eigenvalue weighted by Gasteiger charge is 2.55. The van der Waals surface area contributed by atoms with E-state index in [1.165, 1.54) is 31.4 Å². The summed E-state index contributed by atoms with van der Waals surface area (Å²) >= 11 is 0. The minimum absolute atomic E-state index is 0.0795. The van der Waals surface area contributed by atoms with Crippen LogP contribution in [0.25, 0.3) is 10.9 Å². The van der Waals surface area contributed by atoms with E-state index in [4.69, 9.17) is 4.74 Å². The molecule has 0 saturated heterocycles. The van der Waals surface area contributed by atoms with Gasteiger partial charge < -0.3 is 20.1 Å². The minimum Gasteiger partial charge on any atom is -0.497 e. The Morgan fingerprint density at radius 1 is 1.15 bits per heavy atom.